The van der Waals surface area contributed by atoms with E-state index in [9.17, 15) is 0 Å². The molecule has 1 N–H and O–H groups in total. The van der Waals surface area contributed by atoms with Crippen molar-refractivity contribution in [3.8, 4) is 5.75 Å². The summed E-state index contributed by atoms with van der Waals surface area (Å²) in [6.45, 7) is 7.16. The van der Waals surface area contributed by atoms with Gasteiger partial charge in [-0.05, 0) is 50.6 Å². The number of rotatable bonds is 7. The molecule has 21 heavy (non-hydrogen) atoms. The maximum absolute atomic E-state index is 5.69. The van der Waals surface area contributed by atoms with E-state index in [-0.39, 0.29) is 12.1 Å². The lowest BCUT2D eigenvalue weighted by atomic mass is 10.0. The van der Waals surface area contributed by atoms with Gasteiger partial charge in [-0.2, -0.15) is 0 Å². The van der Waals surface area contributed by atoms with Crippen LogP contribution in [0.25, 0.3) is 0 Å². The lowest BCUT2D eigenvalue weighted by Crippen LogP contribution is -2.24. The number of nitrogens with zero attached hydrogens (tertiary/aromatic N) is 2. The maximum atomic E-state index is 5.69. The molecule has 1 aromatic carbocycles. The zero-order valence-corrected chi connectivity index (χ0v) is 12.9. The third-order valence-corrected chi connectivity index (χ3v) is 3.08. The second-order valence-corrected chi connectivity index (χ2v) is 5.26. The summed E-state index contributed by atoms with van der Waals surface area (Å²) in [4.78, 5) is 8.36. The highest BCUT2D eigenvalue weighted by molar-refractivity contribution is 5.33. The average Bonchev–Trinajstić information content (AvgIpc) is 2.50. The highest BCUT2D eigenvalue weighted by Crippen LogP contribution is 2.23. The van der Waals surface area contributed by atoms with Crippen molar-refractivity contribution in [3.63, 3.8) is 0 Å². The lowest BCUT2D eigenvalue weighted by Gasteiger charge is -2.19. The molecule has 0 spiro atoms. The molecule has 0 saturated heterocycles. The van der Waals surface area contributed by atoms with Crippen molar-refractivity contribution < 1.29 is 4.74 Å². The van der Waals surface area contributed by atoms with Gasteiger partial charge in [0.1, 0.15) is 12.1 Å². The zero-order valence-electron chi connectivity index (χ0n) is 12.9. The van der Waals surface area contributed by atoms with Crippen molar-refractivity contribution in [1.29, 1.82) is 0 Å². The molecule has 112 valence electrons. The summed E-state index contributed by atoms with van der Waals surface area (Å²) in [6, 6.07) is 10.2. The number of benzene rings is 1. The van der Waals surface area contributed by atoms with E-state index < -0.39 is 0 Å². The fourth-order valence-electron chi connectivity index (χ4n) is 2.16. The average molecular weight is 285 g/mol. The van der Waals surface area contributed by atoms with Gasteiger partial charge >= 0.3 is 0 Å². The van der Waals surface area contributed by atoms with Crippen LogP contribution >= 0.6 is 0 Å². The summed E-state index contributed by atoms with van der Waals surface area (Å²) in [5.74, 6) is 0.894. The molecule has 0 amide bonds. The first-order valence-electron chi connectivity index (χ1n) is 7.46. The quantitative estimate of drug-likeness (QED) is 0.847. The standard InChI is InChI=1S/C17H23N3O/c1-4-10-19-17(16-9-11-18-12-20-16)14-5-7-15(8-6-14)21-13(2)3/h5-9,11-13,17,19H,4,10H2,1-3H3. The number of hydrogen-bond donors (Lipinski definition) is 1. The molecular weight excluding hydrogens is 262 g/mol. The summed E-state index contributed by atoms with van der Waals surface area (Å²) in [7, 11) is 0. The van der Waals surface area contributed by atoms with Crippen LogP contribution in [-0.4, -0.2) is 22.6 Å². The van der Waals surface area contributed by atoms with Crippen LogP contribution in [0.4, 0.5) is 0 Å². The van der Waals surface area contributed by atoms with Crippen LogP contribution < -0.4 is 10.1 Å². The molecule has 0 radical (unpaired) electrons. The molecule has 0 aliphatic rings. The Morgan fingerprint density at radius 2 is 1.90 bits per heavy atom. The SMILES string of the molecule is CCCNC(c1ccc(OC(C)C)cc1)c1ccncn1. The van der Waals surface area contributed by atoms with E-state index in [1.165, 1.54) is 5.56 Å². The van der Waals surface area contributed by atoms with Crippen LogP contribution in [0.2, 0.25) is 0 Å². The smallest absolute Gasteiger partial charge is 0.119 e. The summed E-state index contributed by atoms with van der Waals surface area (Å²) < 4.78 is 5.69. The molecule has 1 atom stereocenters. The number of aromatic nitrogens is 2. The first kappa shape index (κ1) is 15.4. The minimum absolute atomic E-state index is 0.0843. The minimum atomic E-state index is 0.0843. The number of hydrogen-bond acceptors (Lipinski definition) is 4. The predicted molar refractivity (Wildman–Crippen MR) is 84.4 cm³/mol. The molecule has 1 aromatic heterocycles. The van der Waals surface area contributed by atoms with E-state index in [1.54, 1.807) is 12.5 Å². The molecule has 1 unspecified atom stereocenters. The van der Waals surface area contributed by atoms with E-state index in [1.807, 2.05) is 32.0 Å². The van der Waals surface area contributed by atoms with Gasteiger partial charge in [0.2, 0.25) is 0 Å². The summed E-state index contributed by atoms with van der Waals surface area (Å²) >= 11 is 0. The molecule has 2 aromatic rings. The van der Waals surface area contributed by atoms with E-state index in [0.717, 1.165) is 24.4 Å². The van der Waals surface area contributed by atoms with Crippen LogP contribution in [-0.2, 0) is 0 Å². The highest BCUT2D eigenvalue weighted by atomic mass is 16.5. The number of nitrogens with one attached hydrogen (secondary N) is 1. The van der Waals surface area contributed by atoms with Gasteiger partial charge in [-0.15, -0.1) is 0 Å². The minimum Gasteiger partial charge on any atom is -0.491 e. The van der Waals surface area contributed by atoms with Crippen LogP contribution in [0.5, 0.6) is 5.75 Å². The van der Waals surface area contributed by atoms with Gasteiger partial charge in [0, 0.05) is 6.20 Å². The third kappa shape index (κ3) is 4.53. The fourth-order valence-corrected chi connectivity index (χ4v) is 2.16. The number of ether oxygens (including phenoxy) is 1. The maximum Gasteiger partial charge on any atom is 0.119 e. The van der Waals surface area contributed by atoms with Gasteiger partial charge < -0.3 is 10.1 Å². The molecular formula is C17H23N3O. The van der Waals surface area contributed by atoms with E-state index in [0.29, 0.717) is 0 Å². The van der Waals surface area contributed by atoms with Crippen molar-refractivity contribution >= 4 is 0 Å². The fraction of sp³-hybridized carbons (Fsp3) is 0.412. The first-order chi connectivity index (χ1) is 10.2. The van der Waals surface area contributed by atoms with Crippen molar-refractivity contribution in [1.82, 2.24) is 15.3 Å². The van der Waals surface area contributed by atoms with Crippen molar-refractivity contribution in [2.24, 2.45) is 0 Å². The zero-order chi connectivity index (χ0) is 15.1. The Kier molecular flexibility index (Phi) is 5.69. The highest BCUT2D eigenvalue weighted by Gasteiger charge is 2.14. The molecule has 0 fully saturated rings. The van der Waals surface area contributed by atoms with Crippen molar-refractivity contribution in [2.75, 3.05) is 6.54 Å². The normalized spacial score (nSPS) is 12.4. The second kappa shape index (κ2) is 7.74. The summed E-state index contributed by atoms with van der Waals surface area (Å²) in [5, 5.41) is 3.53. The second-order valence-electron chi connectivity index (χ2n) is 5.26. The van der Waals surface area contributed by atoms with E-state index in [4.69, 9.17) is 4.74 Å². The molecule has 0 saturated carbocycles. The van der Waals surface area contributed by atoms with Crippen molar-refractivity contribution in [2.45, 2.75) is 39.3 Å². The van der Waals surface area contributed by atoms with Crippen LogP contribution in [0.15, 0.2) is 42.9 Å². The summed E-state index contributed by atoms with van der Waals surface area (Å²) in [6.07, 6.45) is 4.63. The van der Waals surface area contributed by atoms with Gasteiger partial charge in [-0.1, -0.05) is 19.1 Å². The van der Waals surface area contributed by atoms with Gasteiger partial charge in [-0.3, -0.25) is 0 Å². The summed E-state index contributed by atoms with van der Waals surface area (Å²) in [5.41, 5.74) is 2.16. The first-order valence-corrected chi connectivity index (χ1v) is 7.46. The predicted octanol–water partition coefficient (Wildman–Crippen LogP) is 3.35. The Labute approximate surface area is 126 Å². The Morgan fingerprint density at radius 1 is 1.14 bits per heavy atom. The van der Waals surface area contributed by atoms with Gasteiger partial charge in [-0.25, -0.2) is 9.97 Å². The van der Waals surface area contributed by atoms with Gasteiger partial charge in [0.05, 0.1) is 17.8 Å². The van der Waals surface area contributed by atoms with E-state index >= 15 is 0 Å². The molecule has 0 bridgehead atoms. The largest absolute Gasteiger partial charge is 0.491 e. The Bertz CT molecular complexity index is 525. The third-order valence-electron chi connectivity index (χ3n) is 3.08. The van der Waals surface area contributed by atoms with Crippen LogP contribution in [0.1, 0.15) is 44.5 Å². The molecule has 0 aliphatic heterocycles. The lowest BCUT2D eigenvalue weighted by molar-refractivity contribution is 0.242. The molecule has 1 heterocycles. The van der Waals surface area contributed by atoms with E-state index in [2.05, 4.69) is 34.3 Å². The molecule has 4 heteroatoms. The van der Waals surface area contributed by atoms with Crippen LogP contribution in [0, 0.1) is 0 Å². The van der Waals surface area contributed by atoms with Crippen molar-refractivity contribution in [3.05, 3.63) is 54.1 Å². The van der Waals surface area contributed by atoms with Crippen LogP contribution in [0.3, 0.4) is 0 Å². The monoisotopic (exact) mass is 285 g/mol. The molecule has 4 nitrogen and oxygen atoms in total. The Balaban J connectivity index is 2.20. The van der Waals surface area contributed by atoms with Gasteiger partial charge in [0.15, 0.2) is 0 Å². The Morgan fingerprint density at radius 3 is 2.48 bits per heavy atom. The Hall–Kier alpha value is -1.94. The topological polar surface area (TPSA) is 47.0 Å². The molecule has 2 rings (SSSR count). The van der Waals surface area contributed by atoms with Gasteiger partial charge in [0.25, 0.3) is 0 Å². The molecule has 0 aliphatic carbocycles.